The predicted octanol–water partition coefficient (Wildman–Crippen LogP) is 0.649. The Morgan fingerprint density at radius 1 is 2.00 bits per heavy atom. The van der Waals surface area contributed by atoms with Gasteiger partial charge in [-0.15, -0.1) is 5.73 Å². The van der Waals surface area contributed by atoms with Crippen molar-refractivity contribution < 1.29 is 0 Å². The maximum atomic E-state index is 3.00. The summed E-state index contributed by atoms with van der Waals surface area (Å²) in [6.07, 6.45) is 1.84. The minimum absolute atomic E-state index is 0.986. The fraction of sp³-hybridized carbons (Fsp3) is 0.400. The first-order chi connectivity index (χ1) is 2.89. The van der Waals surface area contributed by atoms with Crippen LogP contribution in [0.4, 0.5) is 0 Å². The van der Waals surface area contributed by atoms with E-state index in [0.717, 1.165) is 6.54 Å². The molecule has 1 heterocycles. The van der Waals surface area contributed by atoms with Crippen molar-refractivity contribution in [2.24, 2.45) is 0 Å². The molecule has 0 atom stereocenters. The van der Waals surface area contributed by atoms with Crippen molar-refractivity contribution in [1.82, 2.24) is 5.32 Å². The number of hydrogen-bond donors (Lipinski definition) is 1. The van der Waals surface area contributed by atoms with Gasteiger partial charge in [0.25, 0.3) is 0 Å². The summed E-state index contributed by atoms with van der Waals surface area (Å²) in [4.78, 5) is 0. The Balaban J connectivity index is 2.71. The van der Waals surface area contributed by atoms with E-state index in [0.29, 0.717) is 0 Å². The highest BCUT2D eigenvalue weighted by Gasteiger charge is 1.86. The highest BCUT2D eigenvalue weighted by atomic mass is 14.8. The normalized spacial score (nSPS) is 17.2. The molecular weight excluding hydrogens is 74.1 g/mol. The summed E-state index contributed by atoms with van der Waals surface area (Å²) in [5.41, 5.74) is 4.29. The largest absolute Gasteiger partial charge is 0.380 e. The first kappa shape index (κ1) is 3.51. The third-order valence-electron chi connectivity index (χ3n) is 0.788. The van der Waals surface area contributed by atoms with E-state index in [4.69, 9.17) is 0 Å². The maximum Gasteiger partial charge on any atom is 0.0433 e. The van der Waals surface area contributed by atoms with Gasteiger partial charge in [0.2, 0.25) is 0 Å². The number of nitrogens with one attached hydrogen (secondary N) is 1. The van der Waals surface area contributed by atoms with Crippen molar-refractivity contribution in [2.45, 2.75) is 6.92 Å². The second-order valence-corrected chi connectivity index (χ2v) is 1.45. The van der Waals surface area contributed by atoms with Crippen molar-refractivity contribution in [3.8, 4) is 0 Å². The van der Waals surface area contributed by atoms with Crippen molar-refractivity contribution in [3.63, 3.8) is 0 Å². The molecule has 1 N–H and O–H groups in total. The zero-order valence-electron chi connectivity index (χ0n) is 3.78. The van der Waals surface area contributed by atoms with E-state index in [1.165, 1.54) is 5.57 Å². The minimum atomic E-state index is 0.986. The third kappa shape index (κ3) is 0.447. The molecule has 32 valence electrons. The third-order valence-corrected chi connectivity index (χ3v) is 0.788. The Kier molecular flexibility index (Phi) is 0.697. The van der Waals surface area contributed by atoms with Crippen molar-refractivity contribution >= 4 is 0 Å². The Bertz CT molecular complexity index is 107. The molecule has 1 aliphatic rings. The smallest absolute Gasteiger partial charge is 0.0433 e. The molecule has 0 aromatic rings. The van der Waals surface area contributed by atoms with Crippen LogP contribution in [0.5, 0.6) is 0 Å². The minimum Gasteiger partial charge on any atom is -0.380 e. The summed E-state index contributed by atoms with van der Waals surface area (Å²) >= 11 is 0. The van der Waals surface area contributed by atoms with E-state index in [-0.39, 0.29) is 0 Å². The zero-order valence-corrected chi connectivity index (χ0v) is 3.78. The average molecular weight is 81.1 g/mol. The summed E-state index contributed by atoms with van der Waals surface area (Å²) < 4.78 is 0. The second-order valence-electron chi connectivity index (χ2n) is 1.45. The van der Waals surface area contributed by atoms with E-state index in [1.54, 1.807) is 0 Å². The SMILES string of the molecule is CC1=C=CNC1. The van der Waals surface area contributed by atoms with Gasteiger partial charge in [-0.3, -0.25) is 0 Å². The van der Waals surface area contributed by atoms with Crippen LogP contribution in [0, 0.1) is 0 Å². The van der Waals surface area contributed by atoms with Crippen LogP contribution < -0.4 is 5.32 Å². The lowest BCUT2D eigenvalue weighted by Crippen LogP contribution is -2.00. The second kappa shape index (κ2) is 1.19. The molecule has 0 aliphatic carbocycles. The molecule has 0 saturated heterocycles. The van der Waals surface area contributed by atoms with Gasteiger partial charge in [0.05, 0.1) is 0 Å². The highest BCUT2D eigenvalue weighted by Crippen LogP contribution is 1.89. The van der Waals surface area contributed by atoms with Crippen LogP contribution in [-0.2, 0) is 0 Å². The summed E-state index contributed by atoms with van der Waals surface area (Å²) in [5.74, 6) is 0. The van der Waals surface area contributed by atoms with Crippen LogP contribution in [0.15, 0.2) is 17.5 Å². The van der Waals surface area contributed by atoms with Crippen molar-refractivity contribution in [1.29, 1.82) is 0 Å². The maximum absolute atomic E-state index is 3.00. The Morgan fingerprint density at radius 2 is 2.83 bits per heavy atom. The van der Waals surface area contributed by atoms with E-state index in [2.05, 4.69) is 18.0 Å². The van der Waals surface area contributed by atoms with Gasteiger partial charge in [-0.1, -0.05) is 0 Å². The standard InChI is InChI=1S/C5H7N/c1-5-2-3-6-4-5/h3,6H,4H2,1H3. The van der Waals surface area contributed by atoms with Crippen LogP contribution in [-0.4, -0.2) is 6.54 Å². The molecular formula is C5H7N. The quantitative estimate of drug-likeness (QED) is 0.422. The molecule has 1 heteroatoms. The van der Waals surface area contributed by atoms with Crippen molar-refractivity contribution in [3.05, 3.63) is 17.5 Å². The summed E-state index contributed by atoms with van der Waals surface area (Å²) in [7, 11) is 0. The summed E-state index contributed by atoms with van der Waals surface area (Å²) in [6, 6.07) is 0. The molecule has 1 aliphatic heterocycles. The van der Waals surface area contributed by atoms with E-state index in [1.807, 2.05) is 6.20 Å². The number of hydrogen-bond acceptors (Lipinski definition) is 1. The van der Waals surface area contributed by atoms with Crippen LogP contribution in [0.2, 0.25) is 0 Å². The molecule has 0 fully saturated rings. The Hall–Kier alpha value is -0.680. The highest BCUT2D eigenvalue weighted by molar-refractivity contribution is 5.06. The predicted molar refractivity (Wildman–Crippen MR) is 25.3 cm³/mol. The molecule has 0 aromatic heterocycles. The lowest BCUT2D eigenvalue weighted by atomic mass is 10.4. The van der Waals surface area contributed by atoms with Crippen LogP contribution in [0.1, 0.15) is 6.92 Å². The van der Waals surface area contributed by atoms with Crippen LogP contribution in [0.3, 0.4) is 0 Å². The molecule has 0 unspecified atom stereocenters. The Labute approximate surface area is 37.4 Å². The van der Waals surface area contributed by atoms with Gasteiger partial charge in [0.15, 0.2) is 0 Å². The van der Waals surface area contributed by atoms with Crippen LogP contribution in [0.25, 0.3) is 0 Å². The van der Waals surface area contributed by atoms with Gasteiger partial charge in [0, 0.05) is 12.7 Å². The average Bonchev–Trinajstić information content (AvgIpc) is 1.86. The Morgan fingerprint density at radius 3 is 3.00 bits per heavy atom. The van der Waals surface area contributed by atoms with Crippen LogP contribution >= 0.6 is 0 Å². The molecule has 0 radical (unpaired) electrons. The van der Waals surface area contributed by atoms with Gasteiger partial charge in [-0.2, -0.15) is 0 Å². The molecule has 1 nitrogen and oxygen atoms in total. The first-order valence-electron chi connectivity index (χ1n) is 2.03. The monoisotopic (exact) mass is 81.1 g/mol. The van der Waals surface area contributed by atoms with Gasteiger partial charge >= 0.3 is 0 Å². The summed E-state index contributed by atoms with van der Waals surface area (Å²) in [5, 5.41) is 3.00. The molecule has 0 bridgehead atoms. The van der Waals surface area contributed by atoms with Gasteiger partial charge < -0.3 is 5.32 Å². The topological polar surface area (TPSA) is 12.0 Å². The lowest BCUT2D eigenvalue weighted by molar-refractivity contribution is 0.977. The van der Waals surface area contributed by atoms with Gasteiger partial charge in [-0.05, 0) is 12.5 Å². The molecule has 0 spiro atoms. The van der Waals surface area contributed by atoms with E-state index in [9.17, 15) is 0 Å². The zero-order chi connectivity index (χ0) is 4.41. The molecule has 0 aromatic carbocycles. The van der Waals surface area contributed by atoms with E-state index < -0.39 is 0 Å². The van der Waals surface area contributed by atoms with Gasteiger partial charge in [0.1, 0.15) is 0 Å². The fourth-order valence-electron chi connectivity index (χ4n) is 0.429. The van der Waals surface area contributed by atoms with Crippen molar-refractivity contribution in [2.75, 3.05) is 6.54 Å². The number of rotatable bonds is 0. The molecule has 0 saturated carbocycles. The molecule has 1 rings (SSSR count). The first-order valence-corrected chi connectivity index (χ1v) is 2.03. The summed E-state index contributed by atoms with van der Waals surface area (Å²) in [6.45, 7) is 3.04. The fourth-order valence-corrected chi connectivity index (χ4v) is 0.429. The molecule has 6 heavy (non-hydrogen) atoms. The van der Waals surface area contributed by atoms with E-state index >= 15 is 0 Å². The molecule has 0 amide bonds. The lowest BCUT2D eigenvalue weighted by Gasteiger charge is -1.84. The van der Waals surface area contributed by atoms with Gasteiger partial charge in [-0.25, -0.2) is 0 Å².